The Balaban J connectivity index is 1.85. The summed E-state index contributed by atoms with van der Waals surface area (Å²) in [7, 11) is 0. The Hall–Kier alpha value is -3.42. The summed E-state index contributed by atoms with van der Waals surface area (Å²) in [6.07, 6.45) is 0. The Morgan fingerprint density at radius 2 is 1.06 bits per heavy atom. The second-order valence-corrected chi connectivity index (χ2v) is 9.39. The van der Waals surface area contributed by atoms with Gasteiger partial charge in [0.05, 0.1) is 0 Å². The first kappa shape index (κ1) is 18.4. The Bertz CT molecular complexity index is 1550. The molecule has 0 unspecified atom stereocenters. The standard InChI is InChI=1S/C30H22S/c1-19-9-7-11-21(17-19)27-23-13-3-4-14-24(23)29-28(27)25-15-5-6-16-26(25)31-30(29)22-12-8-10-20(2)18-22/h3-18H,1-2H3. The molecule has 6 rings (SSSR count). The molecule has 31 heavy (non-hydrogen) atoms. The van der Waals surface area contributed by atoms with Crippen molar-refractivity contribution in [2.24, 2.45) is 0 Å². The molecule has 4 aromatic rings. The first-order valence-corrected chi connectivity index (χ1v) is 11.5. The van der Waals surface area contributed by atoms with E-state index in [4.69, 9.17) is 0 Å². The van der Waals surface area contributed by atoms with E-state index < -0.39 is 0 Å². The highest BCUT2D eigenvalue weighted by molar-refractivity contribution is 7.22. The Morgan fingerprint density at radius 1 is 0.484 bits per heavy atom. The number of benzene rings is 4. The van der Waals surface area contributed by atoms with Gasteiger partial charge in [0.25, 0.3) is 0 Å². The van der Waals surface area contributed by atoms with E-state index in [1.54, 1.807) is 0 Å². The van der Waals surface area contributed by atoms with E-state index in [1.165, 1.54) is 64.7 Å². The summed E-state index contributed by atoms with van der Waals surface area (Å²) in [4.78, 5) is 1.35. The summed E-state index contributed by atoms with van der Waals surface area (Å²) in [5.41, 5.74) is 9.28. The van der Waals surface area contributed by atoms with Gasteiger partial charge in [0.15, 0.2) is 0 Å². The van der Waals surface area contributed by atoms with Crippen molar-refractivity contribution in [3.05, 3.63) is 108 Å². The Kier molecular flexibility index (Phi) is 4.19. The maximum Gasteiger partial charge on any atom is 0.0434 e. The second-order valence-electron chi connectivity index (χ2n) is 8.34. The predicted octanol–water partition coefficient (Wildman–Crippen LogP) is 9.11. The van der Waals surface area contributed by atoms with E-state index in [2.05, 4.69) is 111 Å². The highest BCUT2D eigenvalue weighted by Crippen LogP contribution is 2.54. The third-order valence-electron chi connectivity index (χ3n) is 6.15. The van der Waals surface area contributed by atoms with Crippen LogP contribution in [0.25, 0.3) is 53.6 Å². The second kappa shape index (κ2) is 7.08. The molecule has 1 aliphatic carbocycles. The fourth-order valence-electron chi connectivity index (χ4n) is 4.83. The summed E-state index contributed by atoms with van der Waals surface area (Å²) in [6, 6.07) is 35.6. The monoisotopic (exact) mass is 414 g/mol. The van der Waals surface area contributed by atoms with E-state index in [0.717, 1.165) is 0 Å². The smallest absolute Gasteiger partial charge is 0.0434 e. The van der Waals surface area contributed by atoms with Crippen molar-refractivity contribution in [2.75, 3.05) is 0 Å². The van der Waals surface area contributed by atoms with Crippen molar-refractivity contribution in [1.82, 2.24) is 0 Å². The molecule has 0 aromatic heterocycles. The van der Waals surface area contributed by atoms with Gasteiger partial charge in [0.1, 0.15) is 0 Å². The van der Waals surface area contributed by atoms with E-state index in [-0.39, 0.29) is 0 Å². The van der Waals surface area contributed by atoms with Crippen LogP contribution < -0.4 is 0 Å². The van der Waals surface area contributed by atoms with E-state index in [9.17, 15) is 0 Å². The normalized spacial score (nSPS) is 11.5. The third-order valence-corrected chi connectivity index (χ3v) is 7.37. The molecule has 0 saturated carbocycles. The lowest BCUT2D eigenvalue weighted by Gasteiger charge is -2.15. The molecule has 2 aliphatic rings. The molecule has 0 nitrogen and oxygen atoms in total. The molecule has 1 heteroatoms. The summed E-state index contributed by atoms with van der Waals surface area (Å²) < 4.78 is 1.33. The van der Waals surface area contributed by atoms with Gasteiger partial charge in [0.2, 0.25) is 0 Å². The van der Waals surface area contributed by atoms with E-state index >= 15 is 0 Å². The van der Waals surface area contributed by atoms with Crippen LogP contribution in [0, 0.1) is 13.8 Å². The minimum absolute atomic E-state index is 1.29. The lowest BCUT2D eigenvalue weighted by molar-refractivity contribution is 1.47. The van der Waals surface area contributed by atoms with Crippen molar-refractivity contribution >= 4 is 32.2 Å². The molecule has 0 fully saturated rings. The zero-order chi connectivity index (χ0) is 20.9. The van der Waals surface area contributed by atoms with Crippen LogP contribution in [-0.2, 0) is 0 Å². The van der Waals surface area contributed by atoms with Crippen molar-refractivity contribution < 1.29 is 0 Å². The maximum absolute atomic E-state index is 2.32. The van der Waals surface area contributed by atoms with Crippen molar-refractivity contribution in [3.63, 3.8) is 0 Å². The van der Waals surface area contributed by atoms with Crippen LogP contribution >= 0.6 is 11.3 Å². The van der Waals surface area contributed by atoms with E-state index in [0.29, 0.717) is 0 Å². The van der Waals surface area contributed by atoms with Gasteiger partial charge in [-0.25, -0.2) is 0 Å². The largest absolute Gasteiger partial charge is 0.135 e. The fraction of sp³-hybridized carbons (Fsp3) is 0.0667. The molecule has 0 atom stereocenters. The summed E-state index contributed by atoms with van der Waals surface area (Å²) in [6.45, 7) is 4.35. The average molecular weight is 415 g/mol. The number of fused-ring (bicyclic) bond motifs is 5. The number of rotatable bonds is 2. The summed E-state index contributed by atoms with van der Waals surface area (Å²) >= 11 is 1.90. The van der Waals surface area contributed by atoms with Crippen LogP contribution in [0.1, 0.15) is 11.1 Å². The minimum Gasteiger partial charge on any atom is -0.135 e. The van der Waals surface area contributed by atoms with Crippen LogP contribution in [0.5, 0.6) is 0 Å². The van der Waals surface area contributed by atoms with Gasteiger partial charge in [-0.15, -0.1) is 11.3 Å². The van der Waals surface area contributed by atoms with Crippen LogP contribution in [0.15, 0.2) is 97.1 Å². The maximum atomic E-state index is 2.32. The SMILES string of the molecule is Cc1cccc(-c2sc3ccccc3c3c(-c4cccc(C)c4)c4ccccc4c2-3)c1. The number of hydrogen-bond donors (Lipinski definition) is 0. The fourth-order valence-corrected chi connectivity index (χ4v) is 6.04. The number of aryl methyl sites for hydroxylation is 2. The quantitative estimate of drug-likeness (QED) is 0.265. The predicted molar refractivity (Wildman–Crippen MR) is 136 cm³/mol. The zero-order valence-electron chi connectivity index (χ0n) is 17.6. The highest BCUT2D eigenvalue weighted by Gasteiger charge is 2.25. The van der Waals surface area contributed by atoms with Gasteiger partial charge in [-0.3, -0.25) is 0 Å². The van der Waals surface area contributed by atoms with Gasteiger partial charge in [0, 0.05) is 26.1 Å². The van der Waals surface area contributed by atoms with Gasteiger partial charge in [-0.1, -0.05) is 102 Å². The molecule has 1 heterocycles. The molecule has 4 aromatic carbocycles. The molecule has 0 saturated heterocycles. The minimum atomic E-state index is 1.29. The number of hydrogen-bond acceptors (Lipinski definition) is 1. The zero-order valence-corrected chi connectivity index (χ0v) is 18.5. The van der Waals surface area contributed by atoms with Crippen LogP contribution in [-0.4, -0.2) is 0 Å². The van der Waals surface area contributed by atoms with Gasteiger partial charge < -0.3 is 0 Å². The molecule has 0 spiro atoms. The molecular formula is C30H22S. The first-order valence-electron chi connectivity index (χ1n) is 10.7. The van der Waals surface area contributed by atoms with Crippen LogP contribution in [0.3, 0.4) is 0 Å². The van der Waals surface area contributed by atoms with Gasteiger partial charge in [-0.05, 0) is 47.4 Å². The van der Waals surface area contributed by atoms with Crippen molar-refractivity contribution in [1.29, 1.82) is 0 Å². The van der Waals surface area contributed by atoms with Crippen LogP contribution in [0.4, 0.5) is 0 Å². The first-order chi connectivity index (χ1) is 15.2. The summed E-state index contributed by atoms with van der Waals surface area (Å²) in [5, 5.41) is 4.01. The average Bonchev–Trinajstić information content (AvgIpc) is 3.14. The molecule has 148 valence electrons. The van der Waals surface area contributed by atoms with Crippen molar-refractivity contribution in [3.8, 4) is 32.7 Å². The van der Waals surface area contributed by atoms with Gasteiger partial charge >= 0.3 is 0 Å². The molecule has 0 N–H and O–H groups in total. The van der Waals surface area contributed by atoms with Crippen LogP contribution in [0.2, 0.25) is 0 Å². The molecule has 0 radical (unpaired) electrons. The van der Waals surface area contributed by atoms with Gasteiger partial charge in [-0.2, -0.15) is 0 Å². The third kappa shape index (κ3) is 2.89. The molecule has 1 aliphatic heterocycles. The highest BCUT2D eigenvalue weighted by atomic mass is 32.1. The molecule has 0 bridgehead atoms. The Labute approximate surface area is 186 Å². The van der Waals surface area contributed by atoms with E-state index in [1.807, 2.05) is 11.3 Å². The molecule has 0 amide bonds. The lowest BCUT2D eigenvalue weighted by atomic mass is 9.94. The summed E-state index contributed by atoms with van der Waals surface area (Å²) in [5.74, 6) is 0. The molecular weight excluding hydrogens is 392 g/mol. The topological polar surface area (TPSA) is 0 Å². The Morgan fingerprint density at radius 3 is 1.77 bits per heavy atom. The van der Waals surface area contributed by atoms with Crippen molar-refractivity contribution in [2.45, 2.75) is 13.8 Å². The lowest BCUT2D eigenvalue weighted by Crippen LogP contribution is -1.87.